The smallest absolute Gasteiger partial charge is 0.233 e. The van der Waals surface area contributed by atoms with Gasteiger partial charge in [0.25, 0.3) is 0 Å². The van der Waals surface area contributed by atoms with E-state index in [1.54, 1.807) is 0 Å². The van der Waals surface area contributed by atoms with E-state index in [0.29, 0.717) is 5.33 Å². The first-order valence-electron chi connectivity index (χ1n) is 19.1. The molecule has 0 N–H and O–H groups in total. The van der Waals surface area contributed by atoms with Gasteiger partial charge in [0.15, 0.2) is 0 Å². The molecular weight excluding hydrogens is 566 g/mol. The number of unbranched alkanes of at least 4 members (excludes halogenated alkanes) is 30. The molecular formula is C38H76BrNO. The minimum atomic E-state index is 0.284. The molecule has 3 heteroatoms. The maximum absolute atomic E-state index is 12.4. The number of nitrogens with zero attached hydrogens (tertiary/aromatic N) is 1. The molecule has 0 aromatic heterocycles. The summed E-state index contributed by atoms with van der Waals surface area (Å²) in [7, 11) is 0. The van der Waals surface area contributed by atoms with Crippen LogP contribution in [0.5, 0.6) is 0 Å². The maximum atomic E-state index is 12.4. The number of carbonyl (C=O) groups is 1. The second kappa shape index (κ2) is 36.1. The van der Waals surface area contributed by atoms with E-state index in [1.165, 1.54) is 205 Å². The lowest BCUT2D eigenvalue weighted by molar-refractivity contribution is -0.128. The largest absolute Gasteiger partial charge is 0.342 e. The molecule has 2 nitrogen and oxygen atoms in total. The van der Waals surface area contributed by atoms with Crippen LogP contribution in [0.25, 0.3) is 0 Å². The van der Waals surface area contributed by atoms with Crippen LogP contribution in [0.15, 0.2) is 0 Å². The van der Waals surface area contributed by atoms with Gasteiger partial charge < -0.3 is 4.90 Å². The molecule has 0 aromatic rings. The molecule has 41 heavy (non-hydrogen) atoms. The monoisotopic (exact) mass is 642 g/mol. The summed E-state index contributed by atoms with van der Waals surface area (Å²) in [6.07, 6.45) is 44.7. The van der Waals surface area contributed by atoms with Gasteiger partial charge in [-0.05, 0) is 12.8 Å². The molecule has 0 unspecified atom stereocenters. The van der Waals surface area contributed by atoms with Crippen LogP contribution in [0.4, 0.5) is 0 Å². The van der Waals surface area contributed by atoms with E-state index in [4.69, 9.17) is 0 Å². The molecule has 0 aliphatic heterocycles. The normalized spacial score (nSPS) is 11.4. The number of hydrogen-bond donors (Lipinski definition) is 0. The van der Waals surface area contributed by atoms with Crippen molar-refractivity contribution in [2.75, 3.05) is 18.4 Å². The Morgan fingerprint density at radius 3 is 0.756 bits per heavy atom. The molecule has 0 radical (unpaired) electrons. The summed E-state index contributed by atoms with van der Waals surface area (Å²) in [5, 5.41) is 0.477. The molecule has 0 heterocycles. The average Bonchev–Trinajstić information content (AvgIpc) is 2.99. The Morgan fingerprint density at radius 1 is 0.366 bits per heavy atom. The summed E-state index contributed by atoms with van der Waals surface area (Å²) in [5.74, 6) is 0.284. The summed E-state index contributed by atoms with van der Waals surface area (Å²) in [6.45, 7) is 6.51. The molecule has 0 fully saturated rings. The van der Waals surface area contributed by atoms with Crippen molar-refractivity contribution in [3.63, 3.8) is 0 Å². The van der Waals surface area contributed by atoms with Gasteiger partial charge in [-0.15, -0.1) is 0 Å². The first kappa shape index (κ1) is 41.0. The number of rotatable bonds is 35. The van der Waals surface area contributed by atoms with Gasteiger partial charge >= 0.3 is 0 Å². The third kappa shape index (κ3) is 32.7. The predicted octanol–water partition coefficient (Wildman–Crippen LogP) is 13.7. The Labute approximate surface area is 268 Å². The molecule has 0 bridgehead atoms. The van der Waals surface area contributed by atoms with Crippen molar-refractivity contribution in [3.05, 3.63) is 0 Å². The van der Waals surface area contributed by atoms with E-state index in [9.17, 15) is 4.79 Å². The van der Waals surface area contributed by atoms with Gasteiger partial charge in [-0.3, -0.25) is 4.79 Å². The van der Waals surface area contributed by atoms with E-state index in [-0.39, 0.29) is 5.91 Å². The highest BCUT2D eigenvalue weighted by Gasteiger charge is 2.11. The van der Waals surface area contributed by atoms with Gasteiger partial charge in [0.1, 0.15) is 0 Å². The highest BCUT2D eigenvalue weighted by molar-refractivity contribution is 9.09. The predicted molar refractivity (Wildman–Crippen MR) is 189 cm³/mol. The standard InChI is InChI=1S/C38H76BrNO/c1-3-5-7-9-11-13-15-17-19-21-23-25-27-29-31-33-35-40(38(41)37-39)36-34-32-30-28-26-24-22-20-18-16-14-12-10-8-6-4-2/h3-37H2,1-2H3. The van der Waals surface area contributed by atoms with Crippen molar-refractivity contribution < 1.29 is 4.79 Å². The van der Waals surface area contributed by atoms with Crippen molar-refractivity contribution in [2.45, 2.75) is 219 Å². The van der Waals surface area contributed by atoms with Crippen LogP contribution in [0.2, 0.25) is 0 Å². The van der Waals surface area contributed by atoms with E-state index in [2.05, 4.69) is 34.7 Å². The molecule has 0 saturated heterocycles. The van der Waals surface area contributed by atoms with Gasteiger partial charge in [-0.2, -0.15) is 0 Å². The topological polar surface area (TPSA) is 20.3 Å². The van der Waals surface area contributed by atoms with Crippen molar-refractivity contribution >= 4 is 21.8 Å². The Morgan fingerprint density at radius 2 is 0.561 bits per heavy atom. The van der Waals surface area contributed by atoms with Crippen LogP contribution in [0.3, 0.4) is 0 Å². The van der Waals surface area contributed by atoms with Gasteiger partial charge in [-0.1, -0.05) is 222 Å². The maximum Gasteiger partial charge on any atom is 0.233 e. The highest BCUT2D eigenvalue weighted by atomic mass is 79.9. The summed E-state index contributed by atoms with van der Waals surface area (Å²) < 4.78 is 0. The Hall–Kier alpha value is -0.0500. The molecule has 0 rings (SSSR count). The van der Waals surface area contributed by atoms with Gasteiger partial charge in [0, 0.05) is 13.1 Å². The number of carbonyl (C=O) groups excluding carboxylic acids is 1. The molecule has 0 saturated carbocycles. The fraction of sp³-hybridized carbons (Fsp3) is 0.974. The van der Waals surface area contributed by atoms with Gasteiger partial charge in [-0.25, -0.2) is 0 Å². The molecule has 246 valence electrons. The first-order chi connectivity index (χ1) is 20.3. The van der Waals surface area contributed by atoms with Crippen LogP contribution in [-0.4, -0.2) is 29.2 Å². The fourth-order valence-corrected chi connectivity index (χ4v) is 6.50. The quantitative estimate of drug-likeness (QED) is 0.0497. The lowest BCUT2D eigenvalue weighted by atomic mass is 10.0. The van der Waals surface area contributed by atoms with Crippen molar-refractivity contribution in [3.8, 4) is 0 Å². The zero-order valence-corrected chi connectivity index (χ0v) is 30.1. The number of halogens is 1. The van der Waals surface area contributed by atoms with E-state index in [1.807, 2.05) is 0 Å². The zero-order chi connectivity index (χ0) is 29.9. The minimum absolute atomic E-state index is 0.284. The SMILES string of the molecule is CCCCCCCCCCCCCCCCCCN(CCCCCCCCCCCCCCCCCC)C(=O)CBr. The van der Waals surface area contributed by atoms with Crippen LogP contribution in [0, 0.1) is 0 Å². The summed E-state index contributed by atoms with van der Waals surface area (Å²) >= 11 is 3.40. The van der Waals surface area contributed by atoms with Crippen molar-refractivity contribution in [1.82, 2.24) is 4.90 Å². The van der Waals surface area contributed by atoms with Crippen LogP contribution in [-0.2, 0) is 4.79 Å². The average molecular weight is 643 g/mol. The molecule has 0 aliphatic carbocycles. The number of alkyl halides is 1. The fourth-order valence-electron chi connectivity index (χ4n) is 6.15. The summed E-state index contributed by atoms with van der Waals surface area (Å²) in [6, 6.07) is 0. The minimum Gasteiger partial charge on any atom is -0.342 e. The molecule has 0 atom stereocenters. The lowest BCUT2D eigenvalue weighted by Gasteiger charge is -2.22. The molecule has 0 aromatic carbocycles. The molecule has 0 spiro atoms. The van der Waals surface area contributed by atoms with Crippen LogP contribution < -0.4 is 0 Å². The van der Waals surface area contributed by atoms with Gasteiger partial charge in [0.05, 0.1) is 5.33 Å². The number of hydrogen-bond acceptors (Lipinski definition) is 1. The Bertz CT molecular complexity index is 461. The zero-order valence-electron chi connectivity index (χ0n) is 28.5. The summed E-state index contributed by atoms with van der Waals surface area (Å²) in [4.78, 5) is 14.5. The van der Waals surface area contributed by atoms with E-state index >= 15 is 0 Å². The highest BCUT2D eigenvalue weighted by Crippen LogP contribution is 2.16. The number of amides is 1. The molecule has 0 aliphatic rings. The third-order valence-corrected chi connectivity index (χ3v) is 9.51. The van der Waals surface area contributed by atoms with Crippen molar-refractivity contribution in [1.29, 1.82) is 0 Å². The van der Waals surface area contributed by atoms with Gasteiger partial charge in [0.2, 0.25) is 5.91 Å². The first-order valence-corrected chi connectivity index (χ1v) is 20.2. The summed E-state index contributed by atoms with van der Waals surface area (Å²) in [5.41, 5.74) is 0. The van der Waals surface area contributed by atoms with Crippen LogP contribution >= 0.6 is 15.9 Å². The molecule has 1 amide bonds. The van der Waals surface area contributed by atoms with E-state index in [0.717, 1.165) is 13.1 Å². The second-order valence-electron chi connectivity index (χ2n) is 13.1. The second-order valence-corrected chi connectivity index (χ2v) is 13.7. The van der Waals surface area contributed by atoms with E-state index < -0.39 is 0 Å². The Balaban J connectivity index is 3.48. The lowest BCUT2D eigenvalue weighted by Crippen LogP contribution is -2.33. The van der Waals surface area contributed by atoms with Crippen molar-refractivity contribution in [2.24, 2.45) is 0 Å². The Kier molecular flexibility index (Phi) is 36.1. The third-order valence-electron chi connectivity index (χ3n) is 9.03. The van der Waals surface area contributed by atoms with Crippen LogP contribution in [0.1, 0.15) is 219 Å².